The van der Waals surface area contributed by atoms with Gasteiger partial charge in [0, 0.05) is 25.2 Å². The molecule has 6 nitrogen and oxygen atoms in total. The zero-order valence-electron chi connectivity index (χ0n) is 13.2. The van der Waals surface area contributed by atoms with Crippen molar-refractivity contribution in [2.45, 2.75) is 25.7 Å². The maximum Gasteiger partial charge on any atom is 0.251 e. The molecule has 0 atom stereocenters. The number of phenols is 1. The summed E-state index contributed by atoms with van der Waals surface area (Å²) in [6.07, 6.45) is 4.83. The van der Waals surface area contributed by atoms with Crippen LogP contribution in [0, 0.1) is 0 Å². The lowest BCUT2D eigenvalue weighted by Gasteiger charge is -2.21. The van der Waals surface area contributed by atoms with Crippen LogP contribution in [0.15, 0.2) is 29.3 Å². The number of nitrogens with two attached hydrogens (primary N) is 1. The van der Waals surface area contributed by atoms with Crippen LogP contribution in [0.2, 0.25) is 0 Å². The minimum Gasteiger partial charge on any atom is -0.508 e. The number of nitrogens with zero attached hydrogens (tertiary/aromatic N) is 2. The SMILES string of the molecule is I.NC(=NCCNC(=O)c1ccc(O)cc1)N1CCCCCC1. The Labute approximate surface area is 154 Å². The van der Waals surface area contributed by atoms with Crippen LogP contribution in [0.1, 0.15) is 36.0 Å². The van der Waals surface area contributed by atoms with Gasteiger partial charge in [-0.15, -0.1) is 24.0 Å². The molecule has 0 aromatic heterocycles. The molecule has 0 radical (unpaired) electrons. The molecule has 2 rings (SSSR count). The summed E-state index contributed by atoms with van der Waals surface area (Å²) in [6.45, 7) is 2.84. The first-order chi connectivity index (χ1) is 10.7. The molecular formula is C16H25IN4O2. The lowest BCUT2D eigenvalue weighted by Crippen LogP contribution is -2.38. The zero-order chi connectivity index (χ0) is 15.8. The van der Waals surface area contributed by atoms with Crippen LogP contribution in [0.4, 0.5) is 0 Å². The minimum atomic E-state index is -0.177. The Balaban J connectivity index is 0.00000264. The molecule has 0 spiro atoms. The molecule has 1 amide bonds. The fourth-order valence-corrected chi connectivity index (χ4v) is 2.45. The van der Waals surface area contributed by atoms with E-state index < -0.39 is 0 Å². The van der Waals surface area contributed by atoms with Crippen molar-refractivity contribution in [1.82, 2.24) is 10.2 Å². The average Bonchev–Trinajstić information content (AvgIpc) is 2.81. The topological polar surface area (TPSA) is 90.9 Å². The van der Waals surface area contributed by atoms with E-state index in [1.807, 2.05) is 0 Å². The van der Waals surface area contributed by atoms with Gasteiger partial charge in [0.15, 0.2) is 5.96 Å². The van der Waals surface area contributed by atoms with Crippen molar-refractivity contribution in [2.24, 2.45) is 10.7 Å². The van der Waals surface area contributed by atoms with E-state index in [1.165, 1.54) is 25.0 Å². The molecule has 1 aromatic carbocycles. The van der Waals surface area contributed by atoms with Crippen molar-refractivity contribution in [2.75, 3.05) is 26.2 Å². The number of carbonyl (C=O) groups excluding carboxylic acids is 1. The highest BCUT2D eigenvalue weighted by Gasteiger charge is 2.10. The van der Waals surface area contributed by atoms with E-state index in [-0.39, 0.29) is 35.6 Å². The molecule has 1 aromatic rings. The molecular weight excluding hydrogens is 407 g/mol. The summed E-state index contributed by atoms with van der Waals surface area (Å²) in [5, 5.41) is 12.0. The number of carbonyl (C=O) groups is 1. The zero-order valence-corrected chi connectivity index (χ0v) is 15.5. The predicted octanol–water partition coefficient (Wildman–Crippen LogP) is 1.93. The Morgan fingerprint density at radius 2 is 1.78 bits per heavy atom. The fourth-order valence-electron chi connectivity index (χ4n) is 2.45. The Morgan fingerprint density at radius 3 is 2.39 bits per heavy atom. The molecule has 23 heavy (non-hydrogen) atoms. The van der Waals surface area contributed by atoms with Gasteiger partial charge in [0.25, 0.3) is 5.91 Å². The molecule has 1 heterocycles. The number of amides is 1. The fraction of sp³-hybridized carbons (Fsp3) is 0.500. The monoisotopic (exact) mass is 432 g/mol. The molecule has 1 fully saturated rings. The first kappa shape index (κ1) is 19.5. The number of phenolic OH excluding ortho intramolecular Hbond substituents is 1. The summed E-state index contributed by atoms with van der Waals surface area (Å²) in [5.74, 6) is 0.538. The number of halogens is 1. The number of benzene rings is 1. The molecule has 0 saturated carbocycles. The lowest BCUT2D eigenvalue weighted by atomic mass is 10.2. The molecule has 1 aliphatic heterocycles. The number of likely N-dealkylation sites (tertiary alicyclic amines) is 1. The second kappa shape index (κ2) is 10.3. The number of guanidine groups is 1. The predicted molar refractivity (Wildman–Crippen MR) is 102 cm³/mol. The number of hydrogen-bond donors (Lipinski definition) is 3. The van der Waals surface area contributed by atoms with Crippen molar-refractivity contribution in [1.29, 1.82) is 0 Å². The lowest BCUT2D eigenvalue weighted by molar-refractivity contribution is 0.0955. The summed E-state index contributed by atoms with van der Waals surface area (Å²) < 4.78 is 0. The van der Waals surface area contributed by atoms with E-state index in [2.05, 4.69) is 15.2 Å². The van der Waals surface area contributed by atoms with E-state index in [4.69, 9.17) is 5.73 Å². The van der Waals surface area contributed by atoms with Gasteiger partial charge in [-0.3, -0.25) is 9.79 Å². The molecule has 4 N–H and O–H groups in total. The van der Waals surface area contributed by atoms with Crippen LogP contribution in [0.3, 0.4) is 0 Å². The highest BCUT2D eigenvalue weighted by atomic mass is 127. The van der Waals surface area contributed by atoms with Crippen LogP contribution < -0.4 is 11.1 Å². The number of rotatable bonds is 4. The van der Waals surface area contributed by atoms with Gasteiger partial charge in [-0.1, -0.05) is 12.8 Å². The summed E-state index contributed by atoms with van der Waals surface area (Å²) in [4.78, 5) is 18.3. The molecule has 0 unspecified atom stereocenters. The molecule has 1 saturated heterocycles. The second-order valence-electron chi connectivity index (χ2n) is 5.44. The first-order valence-corrected chi connectivity index (χ1v) is 7.79. The van der Waals surface area contributed by atoms with Crippen LogP contribution >= 0.6 is 24.0 Å². The standard InChI is InChI=1S/C16H24N4O2.HI/c17-16(20-11-3-1-2-4-12-20)19-10-9-18-15(22)13-5-7-14(21)8-6-13;/h5-8,21H,1-4,9-12H2,(H2,17,19)(H,18,22);1H. The van der Waals surface area contributed by atoms with Gasteiger partial charge in [0.2, 0.25) is 0 Å². The van der Waals surface area contributed by atoms with Crippen LogP contribution in [-0.2, 0) is 0 Å². The van der Waals surface area contributed by atoms with E-state index in [0.717, 1.165) is 25.9 Å². The van der Waals surface area contributed by atoms with Gasteiger partial charge >= 0.3 is 0 Å². The first-order valence-electron chi connectivity index (χ1n) is 7.79. The Bertz CT molecular complexity index is 511. The Hall–Kier alpha value is -1.51. The van der Waals surface area contributed by atoms with Crippen molar-refractivity contribution in [3.63, 3.8) is 0 Å². The summed E-state index contributed by atoms with van der Waals surface area (Å²) in [5.41, 5.74) is 6.51. The molecule has 7 heteroatoms. The second-order valence-corrected chi connectivity index (χ2v) is 5.44. The maximum atomic E-state index is 11.9. The number of aliphatic imine (C=N–C) groups is 1. The largest absolute Gasteiger partial charge is 0.508 e. The van der Waals surface area contributed by atoms with E-state index in [9.17, 15) is 9.90 Å². The molecule has 128 valence electrons. The third kappa shape index (κ3) is 6.64. The molecule has 1 aliphatic rings. The van der Waals surface area contributed by atoms with Crippen LogP contribution in [0.25, 0.3) is 0 Å². The van der Waals surface area contributed by atoms with E-state index in [0.29, 0.717) is 24.6 Å². The van der Waals surface area contributed by atoms with E-state index in [1.54, 1.807) is 12.1 Å². The van der Waals surface area contributed by atoms with Crippen molar-refractivity contribution in [3.8, 4) is 5.75 Å². The summed E-state index contributed by atoms with van der Waals surface area (Å²) in [7, 11) is 0. The van der Waals surface area contributed by atoms with Gasteiger partial charge in [-0.25, -0.2) is 0 Å². The van der Waals surface area contributed by atoms with Crippen LogP contribution in [-0.4, -0.2) is 48.1 Å². The highest BCUT2D eigenvalue weighted by Crippen LogP contribution is 2.10. The number of aromatic hydroxyl groups is 1. The number of nitrogens with one attached hydrogen (secondary N) is 1. The van der Waals surface area contributed by atoms with Gasteiger partial charge in [0.1, 0.15) is 5.75 Å². The maximum absolute atomic E-state index is 11.9. The van der Waals surface area contributed by atoms with Gasteiger partial charge < -0.3 is 21.1 Å². The van der Waals surface area contributed by atoms with Gasteiger partial charge in [-0.2, -0.15) is 0 Å². The van der Waals surface area contributed by atoms with Crippen molar-refractivity contribution >= 4 is 35.8 Å². The average molecular weight is 432 g/mol. The summed E-state index contributed by atoms with van der Waals surface area (Å²) >= 11 is 0. The third-order valence-electron chi connectivity index (χ3n) is 3.73. The number of hydrogen-bond acceptors (Lipinski definition) is 3. The van der Waals surface area contributed by atoms with Gasteiger partial charge in [-0.05, 0) is 37.1 Å². The Morgan fingerprint density at radius 1 is 1.17 bits per heavy atom. The van der Waals surface area contributed by atoms with Crippen LogP contribution in [0.5, 0.6) is 5.75 Å². The smallest absolute Gasteiger partial charge is 0.251 e. The molecule has 0 bridgehead atoms. The normalized spacial score (nSPS) is 15.5. The quantitative estimate of drug-likeness (QED) is 0.294. The molecule has 0 aliphatic carbocycles. The van der Waals surface area contributed by atoms with Crippen molar-refractivity contribution in [3.05, 3.63) is 29.8 Å². The highest BCUT2D eigenvalue weighted by molar-refractivity contribution is 14.0. The minimum absolute atomic E-state index is 0. The van der Waals surface area contributed by atoms with E-state index >= 15 is 0 Å². The van der Waals surface area contributed by atoms with Crippen molar-refractivity contribution < 1.29 is 9.90 Å². The summed E-state index contributed by atoms with van der Waals surface area (Å²) in [6, 6.07) is 6.15. The third-order valence-corrected chi connectivity index (χ3v) is 3.73. The Kier molecular flexibility index (Phi) is 8.75. The van der Waals surface area contributed by atoms with Gasteiger partial charge in [0.05, 0.1) is 6.54 Å².